The summed E-state index contributed by atoms with van der Waals surface area (Å²) in [5.74, 6) is 0. The van der Waals surface area contributed by atoms with Crippen molar-refractivity contribution in [3.63, 3.8) is 0 Å². The van der Waals surface area contributed by atoms with Crippen molar-refractivity contribution in [2.45, 2.75) is 19.4 Å². The summed E-state index contributed by atoms with van der Waals surface area (Å²) in [6, 6.07) is 15.5. The summed E-state index contributed by atoms with van der Waals surface area (Å²) < 4.78 is 0. The first-order valence-electron chi connectivity index (χ1n) is 7.66. The van der Waals surface area contributed by atoms with E-state index in [-0.39, 0.29) is 0 Å². The standard InChI is InChI=1S/C18H18ClN3OS/c1-12-4-2-3-5-15(12)16(23)11-20-18-22-21-17(24-18)10-13-6-8-14(19)9-7-13/h2-9,16,23H,10-11H2,1H3,(H,20,22). The molecule has 1 unspecified atom stereocenters. The largest absolute Gasteiger partial charge is 0.387 e. The van der Waals surface area contributed by atoms with Gasteiger partial charge in [0.25, 0.3) is 0 Å². The number of rotatable bonds is 6. The molecule has 0 amide bonds. The first-order valence-corrected chi connectivity index (χ1v) is 8.85. The van der Waals surface area contributed by atoms with Crippen molar-refractivity contribution in [2.75, 3.05) is 11.9 Å². The van der Waals surface area contributed by atoms with Crippen LogP contribution in [-0.4, -0.2) is 21.8 Å². The molecule has 24 heavy (non-hydrogen) atoms. The van der Waals surface area contributed by atoms with E-state index < -0.39 is 6.10 Å². The summed E-state index contributed by atoms with van der Waals surface area (Å²) in [5, 5.41) is 24.2. The molecule has 0 spiro atoms. The lowest BCUT2D eigenvalue weighted by atomic mass is 10.0. The fourth-order valence-corrected chi connectivity index (χ4v) is 3.33. The molecule has 0 aliphatic heterocycles. The van der Waals surface area contributed by atoms with Gasteiger partial charge in [0.05, 0.1) is 6.10 Å². The Morgan fingerprint density at radius 2 is 1.88 bits per heavy atom. The lowest BCUT2D eigenvalue weighted by Gasteiger charge is -2.13. The molecule has 2 N–H and O–H groups in total. The second-order valence-electron chi connectivity index (χ2n) is 5.56. The Morgan fingerprint density at radius 3 is 2.62 bits per heavy atom. The van der Waals surface area contributed by atoms with Gasteiger partial charge in [-0.05, 0) is 35.7 Å². The molecule has 0 radical (unpaired) electrons. The number of halogens is 1. The molecule has 0 fully saturated rings. The minimum absolute atomic E-state index is 0.403. The van der Waals surface area contributed by atoms with Gasteiger partial charge in [0.2, 0.25) is 5.13 Å². The molecule has 0 aliphatic carbocycles. The number of nitrogens with zero attached hydrogens (tertiary/aromatic N) is 2. The number of aryl methyl sites for hydroxylation is 1. The van der Waals surface area contributed by atoms with Crippen LogP contribution in [0.5, 0.6) is 0 Å². The van der Waals surface area contributed by atoms with Gasteiger partial charge in [-0.2, -0.15) is 0 Å². The zero-order chi connectivity index (χ0) is 16.9. The number of hydrogen-bond donors (Lipinski definition) is 2. The molecule has 2 aromatic carbocycles. The number of aromatic nitrogens is 2. The molecule has 0 saturated heterocycles. The van der Waals surface area contributed by atoms with E-state index >= 15 is 0 Å². The quantitative estimate of drug-likeness (QED) is 0.691. The Bertz CT molecular complexity index is 804. The molecule has 1 heterocycles. The third-order valence-corrected chi connectivity index (χ3v) is 4.86. The highest BCUT2D eigenvalue weighted by molar-refractivity contribution is 7.15. The number of aliphatic hydroxyl groups excluding tert-OH is 1. The van der Waals surface area contributed by atoms with E-state index in [9.17, 15) is 5.11 Å². The van der Waals surface area contributed by atoms with Crippen LogP contribution in [0.15, 0.2) is 48.5 Å². The predicted molar refractivity (Wildman–Crippen MR) is 98.8 cm³/mol. The van der Waals surface area contributed by atoms with Crippen LogP contribution in [0.4, 0.5) is 5.13 Å². The fraction of sp³-hybridized carbons (Fsp3) is 0.222. The molecule has 1 atom stereocenters. The maximum atomic E-state index is 10.3. The highest BCUT2D eigenvalue weighted by Crippen LogP contribution is 2.22. The van der Waals surface area contributed by atoms with E-state index in [1.165, 1.54) is 11.3 Å². The first-order chi connectivity index (χ1) is 11.6. The minimum atomic E-state index is -0.574. The molecule has 3 rings (SSSR count). The van der Waals surface area contributed by atoms with Gasteiger partial charge < -0.3 is 10.4 Å². The summed E-state index contributed by atoms with van der Waals surface area (Å²) in [4.78, 5) is 0. The van der Waals surface area contributed by atoms with Crippen LogP contribution < -0.4 is 5.32 Å². The van der Waals surface area contributed by atoms with Crippen molar-refractivity contribution in [2.24, 2.45) is 0 Å². The molecule has 0 aliphatic rings. The van der Waals surface area contributed by atoms with Gasteiger partial charge in [-0.1, -0.05) is 59.3 Å². The third kappa shape index (κ3) is 4.32. The summed E-state index contributed by atoms with van der Waals surface area (Å²) in [7, 11) is 0. The lowest BCUT2D eigenvalue weighted by Crippen LogP contribution is -2.13. The maximum absolute atomic E-state index is 10.3. The van der Waals surface area contributed by atoms with Crippen molar-refractivity contribution in [3.05, 3.63) is 75.3 Å². The van der Waals surface area contributed by atoms with Crippen molar-refractivity contribution >= 4 is 28.1 Å². The average Bonchev–Trinajstić information content (AvgIpc) is 3.03. The second-order valence-corrected chi connectivity index (χ2v) is 7.06. The predicted octanol–water partition coefficient (Wildman–Crippen LogP) is 4.24. The number of anilines is 1. The van der Waals surface area contributed by atoms with Crippen LogP contribution in [0.2, 0.25) is 5.02 Å². The summed E-state index contributed by atoms with van der Waals surface area (Å²) in [6.07, 6.45) is 0.145. The summed E-state index contributed by atoms with van der Waals surface area (Å²) in [6.45, 7) is 2.40. The Kier molecular flexibility index (Phi) is 5.45. The Labute approximate surface area is 150 Å². The number of aliphatic hydroxyl groups is 1. The summed E-state index contributed by atoms with van der Waals surface area (Å²) >= 11 is 7.39. The van der Waals surface area contributed by atoms with E-state index in [1.807, 2.05) is 55.5 Å². The molecule has 3 aromatic rings. The first kappa shape index (κ1) is 16.9. The van der Waals surface area contributed by atoms with Gasteiger partial charge in [0, 0.05) is 18.0 Å². The van der Waals surface area contributed by atoms with Gasteiger partial charge >= 0.3 is 0 Å². The third-order valence-electron chi connectivity index (χ3n) is 3.73. The molecule has 124 valence electrons. The van der Waals surface area contributed by atoms with E-state index in [0.29, 0.717) is 11.7 Å². The molecule has 6 heteroatoms. The zero-order valence-electron chi connectivity index (χ0n) is 13.2. The normalized spacial score (nSPS) is 12.1. The van der Waals surface area contributed by atoms with Crippen molar-refractivity contribution < 1.29 is 5.11 Å². The Hall–Kier alpha value is -1.95. The van der Waals surface area contributed by atoms with Gasteiger partial charge in [0.15, 0.2) is 0 Å². The van der Waals surface area contributed by atoms with Gasteiger partial charge in [-0.15, -0.1) is 10.2 Å². The monoisotopic (exact) mass is 359 g/mol. The van der Waals surface area contributed by atoms with Crippen molar-refractivity contribution in [1.82, 2.24) is 10.2 Å². The van der Waals surface area contributed by atoms with Crippen LogP contribution in [0.3, 0.4) is 0 Å². The molecular weight excluding hydrogens is 342 g/mol. The highest BCUT2D eigenvalue weighted by Gasteiger charge is 2.11. The van der Waals surface area contributed by atoms with E-state index in [4.69, 9.17) is 11.6 Å². The van der Waals surface area contributed by atoms with Gasteiger partial charge in [-0.3, -0.25) is 0 Å². The maximum Gasteiger partial charge on any atom is 0.205 e. The van der Waals surface area contributed by atoms with E-state index in [1.54, 1.807) is 0 Å². The van der Waals surface area contributed by atoms with Crippen molar-refractivity contribution in [1.29, 1.82) is 0 Å². The van der Waals surface area contributed by atoms with Crippen molar-refractivity contribution in [3.8, 4) is 0 Å². The smallest absolute Gasteiger partial charge is 0.205 e. The topological polar surface area (TPSA) is 58.0 Å². The van der Waals surface area contributed by atoms with Crippen LogP contribution in [0.25, 0.3) is 0 Å². The highest BCUT2D eigenvalue weighted by atomic mass is 35.5. The minimum Gasteiger partial charge on any atom is -0.387 e. The number of hydrogen-bond acceptors (Lipinski definition) is 5. The Balaban J connectivity index is 1.58. The average molecular weight is 360 g/mol. The second kappa shape index (κ2) is 7.75. The van der Waals surface area contributed by atoms with Crippen LogP contribution in [-0.2, 0) is 6.42 Å². The molecule has 0 bridgehead atoms. The molecule has 4 nitrogen and oxygen atoms in total. The number of benzene rings is 2. The zero-order valence-corrected chi connectivity index (χ0v) is 14.8. The Morgan fingerprint density at radius 1 is 1.12 bits per heavy atom. The van der Waals surface area contributed by atoms with Gasteiger partial charge in [-0.25, -0.2) is 0 Å². The fourth-order valence-electron chi connectivity index (χ4n) is 2.43. The SMILES string of the molecule is Cc1ccccc1C(O)CNc1nnc(Cc2ccc(Cl)cc2)s1. The van der Waals surface area contributed by atoms with E-state index in [0.717, 1.165) is 33.1 Å². The van der Waals surface area contributed by atoms with Gasteiger partial charge in [0.1, 0.15) is 5.01 Å². The van der Waals surface area contributed by atoms with Crippen LogP contribution in [0.1, 0.15) is 27.8 Å². The van der Waals surface area contributed by atoms with Crippen LogP contribution >= 0.6 is 22.9 Å². The van der Waals surface area contributed by atoms with Crippen LogP contribution in [0, 0.1) is 6.92 Å². The molecule has 0 saturated carbocycles. The van der Waals surface area contributed by atoms with E-state index in [2.05, 4.69) is 15.5 Å². The summed E-state index contributed by atoms with van der Waals surface area (Å²) in [5.41, 5.74) is 3.14. The number of nitrogens with one attached hydrogen (secondary N) is 1. The molecule has 1 aromatic heterocycles. The lowest BCUT2D eigenvalue weighted by molar-refractivity contribution is 0.191. The molecular formula is C18H18ClN3OS.